The Kier molecular flexibility index (Phi) is 5.07. The number of rotatable bonds is 6. The van der Waals surface area contributed by atoms with Crippen molar-refractivity contribution >= 4 is 0 Å². The maximum absolute atomic E-state index is 5.78. The molecule has 0 aromatic carbocycles. The predicted molar refractivity (Wildman–Crippen MR) is 68.5 cm³/mol. The van der Waals surface area contributed by atoms with E-state index in [1.54, 1.807) is 0 Å². The van der Waals surface area contributed by atoms with Crippen molar-refractivity contribution in [3.63, 3.8) is 0 Å². The minimum Gasteiger partial charge on any atom is -0.330 e. The number of nitrogens with one attached hydrogen (secondary N) is 1. The lowest BCUT2D eigenvalue weighted by Gasteiger charge is -2.20. The summed E-state index contributed by atoms with van der Waals surface area (Å²) in [6.07, 6.45) is 8.15. The molecule has 2 rings (SSSR count). The summed E-state index contributed by atoms with van der Waals surface area (Å²) in [5, 5.41) is 3.70. The van der Waals surface area contributed by atoms with Crippen molar-refractivity contribution in [2.75, 3.05) is 32.7 Å². The first-order valence-corrected chi connectivity index (χ1v) is 7.06. The molecule has 1 aliphatic carbocycles. The molecule has 2 aliphatic rings. The van der Waals surface area contributed by atoms with Crippen molar-refractivity contribution in [1.29, 1.82) is 0 Å². The largest absolute Gasteiger partial charge is 0.330 e. The van der Waals surface area contributed by atoms with Crippen LogP contribution in [0, 0.1) is 5.92 Å². The Labute approximate surface area is 99.8 Å². The number of likely N-dealkylation sites (tertiary alicyclic amines) is 1. The van der Waals surface area contributed by atoms with Crippen LogP contribution in [-0.4, -0.2) is 43.7 Å². The maximum atomic E-state index is 5.78. The highest BCUT2D eigenvalue weighted by Gasteiger charge is 2.25. The molecule has 3 N–H and O–H groups in total. The van der Waals surface area contributed by atoms with Crippen LogP contribution >= 0.6 is 0 Å². The second kappa shape index (κ2) is 6.58. The molecule has 0 aromatic heterocycles. The molecule has 1 saturated heterocycles. The summed E-state index contributed by atoms with van der Waals surface area (Å²) in [5.74, 6) is 0.742. The highest BCUT2D eigenvalue weighted by Crippen LogP contribution is 2.24. The second-order valence-corrected chi connectivity index (χ2v) is 5.39. The van der Waals surface area contributed by atoms with Crippen LogP contribution in [0.1, 0.15) is 38.5 Å². The molecule has 0 spiro atoms. The zero-order chi connectivity index (χ0) is 11.2. The number of hydrogen-bond acceptors (Lipinski definition) is 3. The van der Waals surface area contributed by atoms with Crippen LogP contribution in [-0.2, 0) is 0 Å². The summed E-state index contributed by atoms with van der Waals surface area (Å²) in [6.45, 7) is 5.98. The molecule has 0 radical (unpaired) electrons. The van der Waals surface area contributed by atoms with Gasteiger partial charge in [-0.3, -0.25) is 0 Å². The molecule has 3 heteroatoms. The number of hydrogen-bond donors (Lipinski definition) is 2. The second-order valence-electron chi connectivity index (χ2n) is 5.39. The average Bonchev–Trinajstić information content (AvgIpc) is 2.95. The standard InChI is InChI=1S/C13H27N3/c14-11-12-5-3-6-13(12)15-7-4-10-16-8-1-2-9-16/h12-13,15H,1-11,14H2. The first-order chi connectivity index (χ1) is 7.90. The van der Waals surface area contributed by atoms with Gasteiger partial charge in [-0.1, -0.05) is 6.42 Å². The van der Waals surface area contributed by atoms with Crippen molar-refractivity contribution in [3.8, 4) is 0 Å². The van der Waals surface area contributed by atoms with Gasteiger partial charge in [0, 0.05) is 6.04 Å². The van der Waals surface area contributed by atoms with Gasteiger partial charge in [0.25, 0.3) is 0 Å². The monoisotopic (exact) mass is 225 g/mol. The van der Waals surface area contributed by atoms with Gasteiger partial charge >= 0.3 is 0 Å². The Hall–Kier alpha value is -0.120. The quantitative estimate of drug-likeness (QED) is 0.667. The fourth-order valence-corrected chi connectivity index (χ4v) is 3.18. The van der Waals surface area contributed by atoms with Gasteiger partial charge in [-0.05, 0) is 70.7 Å². The average molecular weight is 225 g/mol. The van der Waals surface area contributed by atoms with Crippen molar-refractivity contribution in [3.05, 3.63) is 0 Å². The van der Waals surface area contributed by atoms with Crippen molar-refractivity contribution in [2.24, 2.45) is 11.7 Å². The van der Waals surface area contributed by atoms with Gasteiger partial charge in [0.2, 0.25) is 0 Å². The lowest BCUT2D eigenvalue weighted by atomic mass is 10.0. The van der Waals surface area contributed by atoms with E-state index >= 15 is 0 Å². The first kappa shape index (κ1) is 12.3. The van der Waals surface area contributed by atoms with Gasteiger partial charge in [-0.15, -0.1) is 0 Å². The van der Waals surface area contributed by atoms with Gasteiger partial charge in [0.15, 0.2) is 0 Å². The molecule has 1 aliphatic heterocycles. The third kappa shape index (κ3) is 3.44. The van der Waals surface area contributed by atoms with E-state index in [1.807, 2.05) is 0 Å². The molecule has 94 valence electrons. The van der Waals surface area contributed by atoms with Gasteiger partial charge in [0.05, 0.1) is 0 Å². The van der Waals surface area contributed by atoms with E-state index in [4.69, 9.17) is 5.73 Å². The molecule has 0 amide bonds. The van der Waals surface area contributed by atoms with E-state index in [0.29, 0.717) is 6.04 Å². The van der Waals surface area contributed by atoms with Crippen molar-refractivity contribution in [2.45, 2.75) is 44.6 Å². The van der Waals surface area contributed by atoms with Crippen LogP contribution in [0.2, 0.25) is 0 Å². The van der Waals surface area contributed by atoms with Crippen molar-refractivity contribution < 1.29 is 0 Å². The van der Waals surface area contributed by atoms with E-state index in [2.05, 4.69) is 10.2 Å². The van der Waals surface area contributed by atoms with Gasteiger partial charge < -0.3 is 16.0 Å². The Balaban J connectivity index is 1.53. The van der Waals surface area contributed by atoms with E-state index in [0.717, 1.165) is 12.5 Å². The molecule has 2 atom stereocenters. The maximum Gasteiger partial charge on any atom is 0.0107 e. The summed E-state index contributed by atoms with van der Waals surface area (Å²) in [6, 6.07) is 0.712. The fraction of sp³-hybridized carbons (Fsp3) is 1.00. The molecule has 0 bridgehead atoms. The summed E-state index contributed by atoms with van der Waals surface area (Å²) >= 11 is 0. The molecule has 1 heterocycles. The Bertz CT molecular complexity index is 190. The molecule has 2 unspecified atom stereocenters. The minimum atomic E-state index is 0.712. The highest BCUT2D eigenvalue weighted by molar-refractivity contribution is 4.83. The molecule has 1 saturated carbocycles. The van der Waals surface area contributed by atoms with Crippen LogP contribution in [0.4, 0.5) is 0 Å². The van der Waals surface area contributed by atoms with Crippen LogP contribution in [0.5, 0.6) is 0 Å². The SMILES string of the molecule is NCC1CCCC1NCCCN1CCCC1. The van der Waals surface area contributed by atoms with Crippen LogP contribution in [0.3, 0.4) is 0 Å². The third-order valence-corrected chi connectivity index (χ3v) is 4.22. The normalized spacial score (nSPS) is 31.3. The molecule has 2 fully saturated rings. The van der Waals surface area contributed by atoms with E-state index in [1.165, 1.54) is 64.7 Å². The van der Waals surface area contributed by atoms with E-state index < -0.39 is 0 Å². The minimum absolute atomic E-state index is 0.712. The predicted octanol–water partition coefficient (Wildman–Crippen LogP) is 1.19. The van der Waals surface area contributed by atoms with E-state index in [9.17, 15) is 0 Å². The molecular weight excluding hydrogens is 198 g/mol. The number of nitrogens with two attached hydrogens (primary N) is 1. The highest BCUT2D eigenvalue weighted by atomic mass is 15.1. The van der Waals surface area contributed by atoms with Crippen molar-refractivity contribution in [1.82, 2.24) is 10.2 Å². The fourth-order valence-electron chi connectivity index (χ4n) is 3.18. The van der Waals surface area contributed by atoms with Crippen LogP contribution < -0.4 is 11.1 Å². The molecular formula is C13H27N3. The number of nitrogens with zero attached hydrogens (tertiary/aromatic N) is 1. The lowest BCUT2D eigenvalue weighted by molar-refractivity contribution is 0.321. The topological polar surface area (TPSA) is 41.3 Å². The zero-order valence-electron chi connectivity index (χ0n) is 10.5. The summed E-state index contributed by atoms with van der Waals surface area (Å²) in [5.41, 5.74) is 5.78. The van der Waals surface area contributed by atoms with E-state index in [-0.39, 0.29) is 0 Å². The third-order valence-electron chi connectivity index (χ3n) is 4.22. The smallest absolute Gasteiger partial charge is 0.0107 e. The summed E-state index contributed by atoms with van der Waals surface area (Å²) in [4.78, 5) is 2.59. The summed E-state index contributed by atoms with van der Waals surface area (Å²) < 4.78 is 0. The molecule has 16 heavy (non-hydrogen) atoms. The van der Waals surface area contributed by atoms with Crippen LogP contribution in [0.25, 0.3) is 0 Å². The van der Waals surface area contributed by atoms with Gasteiger partial charge in [-0.25, -0.2) is 0 Å². The molecule has 3 nitrogen and oxygen atoms in total. The van der Waals surface area contributed by atoms with Gasteiger partial charge in [0.1, 0.15) is 0 Å². The zero-order valence-corrected chi connectivity index (χ0v) is 10.5. The molecule has 0 aromatic rings. The van der Waals surface area contributed by atoms with Gasteiger partial charge in [-0.2, -0.15) is 0 Å². The Morgan fingerprint density at radius 3 is 2.69 bits per heavy atom. The first-order valence-electron chi connectivity index (χ1n) is 7.06. The van der Waals surface area contributed by atoms with Crippen LogP contribution in [0.15, 0.2) is 0 Å². The Morgan fingerprint density at radius 1 is 1.12 bits per heavy atom. The Morgan fingerprint density at radius 2 is 1.94 bits per heavy atom. The lowest BCUT2D eigenvalue weighted by Crippen LogP contribution is -2.37. The summed E-state index contributed by atoms with van der Waals surface area (Å²) in [7, 11) is 0.